The first-order valence-corrected chi connectivity index (χ1v) is 9.72. The molecule has 7 heteroatoms. The molecule has 1 aliphatic carbocycles. The fourth-order valence-electron chi connectivity index (χ4n) is 2.85. The van der Waals surface area contributed by atoms with Gasteiger partial charge in [0, 0.05) is 34.1 Å². The Balaban J connectivity index is 1.31. The van der Waals surface area contributed by atoms with Crippen LogP contribution in [0.4, 0.5) is 16.2 Å². The highest BCUT2D eigenvalue weighted by Gasteiger charge is 2.23. The van der Waals surface area contributed by atoms with E-state index in [1.165, 1.54) is 6.08 Å². The molecule has 1 fully saturated rings. The number of amides is 3. The summed E-state index contributed by atoms with van der Waals surface area (Å²) in [5.41, 5.74) is 3.06. The molecule has 29 heavy (non-hydrogen) atoms. The molecule has 4 rings (SSSR count). The SMILES string of the molecule is O=C(/C=C/C1=Cc2cc(Cl)ccc2OC1)Nc1ccc(NC(=O)NC2CC2)cc1. The molecule has 1 saturated carbocycles. The Morgan fingerprint density at radius 1 is 1.03 bits per heavy atom. The maximum absolute atomic E-state index is 12.2. The van der Waals surface area contributed by atoms with Crippen LogP contribution < -0.4 is 20.7 Å². The third kappa shape index (κ3) is 5.39. The van der Waals surface area contributed by atoms with Crippen molar-refractivity contribution in [2.45, 2.75) is 18.9 Å². The second-order valence-electron chi connectivity index (χ2n) is 6.96. The van der Waals surface area contributed by atoms with E-state index in [9.17, 15) is 9.59 Å². The molecule has 0 atom stereocenters. The summed E-state index contributed by atoms with van der Waals surface area (Å²) in [7, 11) is 0. The van der Waals surface area contributed by atoms with Crippen molar-refractivity contribution in [2.75, 3.05) is 17.2 Å². The molecular formula is C22H20ClN3O3. The second-order valence-corrected chi connectivity index (χ2v) is 7.40. The highest BCUT2D eigenvalue weighted by atomic mass is 35.5. The minimum Gasteiger partial charge on any atom is -0.488 e. The molecule has 0 aromatic heterocycles. The molecule has 2 aromatic carbocycles. The Morgan fingerprint density at radius 3 is 2.48 bits per heavy atom. The first-order valence-electron chi connectivity index (χ1n) is 9.35. The lowest BCUT2D eigenvalue weighted by atomic mass is 10.1. The minimum absolute atomic E-state index is 0.210. The molecule has 0 bridgehead atoms. The number of fused-ring (bicyclic) bond motifs is 1. The Hall–Kier alpha value is -3.25. The van der Waals surface area contributed by atoms with Gasteiger partial charge in [0.05, 0.1) is 0 Å². The molecular weight excluding hydrogens is 390 g/mol. The predicted octanol–water partition coefficient (Wildman–Crippen LogP) is 4.59. The van der Waals surface area contributed by atoms with Gasteiger partial charge in [0.1, 0.15) is 12.4 Å². The van der Waals surface area contributed by atoms with Crippen molar-refractivity contribution in [3.63, 3.8) is 0 Å². The summed E-state index contributed by atoms with van der Waals surface area (Å²) in [5.74, 6) is 0.519. The molecule has 1 aliphatic heterocycles. The van der Waals surface area contributed by atoms with Crippen molar-refractivity contribution in [1.29, 1.82) is 0 Å². The van der Waals surface area contributed by atoms with E-state index < -0.39 is 0 Å². The Labute approximate surface area is 173 Å². The standard InChI is InChI=1S/C22H20ClN3O3/c23-16-2-9-20-15(12-16)11-14(13-29-20)1-10-21(27)24-17-3-5-18(6-4-17)25-22(28)26-19-7-8-19/h1-6,9-12,19H,7-8,13H2,(H,24,27)(H2,25,26,28)/b10-1+. The smallest absolute Gasteiger partial charge is 0.319 e. The van der Waals surface area contributed by atoms with Crippen LogP contribution in [0.15, 0.2) is 60.2 Å². The van der Waals surface area contributed by atoms with Crippen LogP contribution in [0.5, 0.6) is 5.75 Å². The number of benzene rings is 2. The van der Waals surface area contributed by atoms with E-state index in [0.29, 0.717) is 29.0 Å². The molecule has 2 aliphatic rings. The van der Waals surface area contributed by atoms with Crippen molar-refractivity contribution in [1.82, 2.24) is 5.32 Å². The van der Waals surface area contributed by atoms with E-state index in [2.05, 4.69) is 16.0 Å². The van der Waals surface area contributed by atoms with Crippen LogP contribution in [0.2, 0.25) is 5.02 Å². The van der Waals surface area contributed by atoms with Gasteiger partial charge >= 0.3 is 6.03 Å². The van der Waals surface area contributed by atoms with Gasteiger partial charge in [-0.3, -0.25) is 4.79 Å². The topological polar surface area (TPSA) is 79.5 Å². The van der Waals surface area contributed by atoms with Gasteiger partial charge in [0.15, 0.2) is 0 Å². The van der Waals surface area contributed by atoms with E-state index in [4.69, 9.17) is 16.3 Å². The van der Waals surface area contributed by atoms with Crippen molar-refractivity contribution in [3.05, 3.63) is 70.8 Å². The Morgan fingerprint density at radius 2 is 1.76 bits per heavy atom. The van der Waals surface area contributed by atoms with Crippen LogP contribution in [0.1, 0.15) is 18.4 Å². The first kappa shape index (κ1) is 19.1. The van der Waals surface area contributed by atoms with Crippen LogP contribution >= 0.6 is 11.6 Å². The molecule has 0 saturated heterocycles. The maximum atomic E-state index is 12.2. The number of hydrogen-bond donors (Lipinski definition) is 3. The quantitative estimate of drug-likeness (QED) is 0.631. The zero-order valence-electron chi connectivity index (χ0n) is 15.6. The van der Waals surface area contributed by atoms with Gasteiger partial charge in [-0.15, -0.1) is 0 Å². The third-order valence-corrected chi connectivity index (χ3v) is 4.71. The summed E-state index contributed by atoms with van der Waals surface area (Å²) in [6.07, 6.45) is 7.20. The average molecular weight is 410 g/mol. The predicted molar refractivity (Wildman–Crippen MR) is 114 cm³/mol. The lowest BCUT2D eigenvalue weighted by Gasteiger charge is -2.16. The normalized spacial score (nSPS) is 15.1. The molecule has 148 valence electrons. The molecule has 6 nitrogen and oxygen atoms in total. The average Bonchev–Trinajstić information content (AvgIpc) is 3.51. The van der Waals surface area contributed by atoms with Crippen molar-refractivity contribution in [3.8, 4) is 5.75 Å². The molecule has 0 spiro atoms. The van der Waals surface area contributed by atoms with Gasteiger partial charge in [-0.25, -0.2) is 4.79 Å². The van der Waals surface area contributed by atoms with Gasteiger partial charge < -0.3 is 20.7 Å². The van der Waals surface area contributed by atoms with Crippen LogP contribution in [0, 0.1) is 0 Å². The first-order chi connectivity index (χ1) is 14.0. The van der Waals surface area contributed by atoms with E-state index in [0.717, 1.165) is 29.7 Å². The highest BCUT2D eigenvalue weighted by molar-refractivity contribution is 6.30. The summed E-state index contributed by atoms with van der Waals surface area (Å²) < 4.78 is 5.66. The summed E-state index contributed by atoms with van der Waals surface area (Å²) in [4.78, 5) is 23.9. The van der Waals surface area contributed by atoms with Crippen molar-refractivity contribution in [2.24, 2.45) is 0 Å². The molecule has 0 unspecified atom stereocenters. The number of carbonyl (C=O) groups is 2. The molecule has 2 aromatic rings. The van der Waals surface area contributed by atoms with E-state index >= 15 is 0 Å². The lowest BCUT2D eigenvalue weighted by Crippen LogP contribution is -2.30. The molecule has 1 heterocycles. The Bertz CT molecular complexity index is 995. The van der Waals surface area contributed by atoms with Crippen LogP contribution in [0.3, 0.4) is 0 Å². The van der Waals surface area contributed by atoms with Crippen molar-refractivity contribution >= 4 is 41.0 Å². The van der Waals surface area contributed by atoms with Crippen LogP contribution in [-0.2, 0) is 4.79 Å². The number of hydrogen-bond acceptors (Lipinski definition) is 3. The lowest BCUT2D eigenvalue weighted by molar-refractivity contribution is -0.111. The monoisotopic (exact) mass is 409 g/mol. The van der Waals surface area contributed by atoms with E-state index in [-0.39, 0.29) is 11.9 Å². The number of anilines is 2. The molecule has 3 amide bonds. The highest BCUT2D eigenvalue weighted by Crippen LogP contribution is 2.29. The minimum atomic E-state index is -0.255. The van der Waals surface area contributed by atoms with Gasteiger partial charge in [0.2, 0.25) is 5.91 Å². The van der Waals surface area contributed by atoms with E-state index in [1.54, 1.807) is 36.4 Å². The largest absolute Gasteiger partial charge is 0.488 e. The fourth-order valence-corrected chi connectivity index (χ4v) is 3.03. The van der Waals surface area contributed by atoms with Crippen LogP contribution in [-0.4, -0.2) is 24.6 Å². The number of rotatable bonds is 5. The zero-order chi connectivity index (χ0) is 20.2. The van der Waals surface area contributed by atoms with E-state index in [1.807, 2.05) is 18.2 Å². The summed E-state index contributed by atoms with van der Waals surface area (Å²) in [5, 5.41) is 9.04. The Kier molecular flexibility index (Phi) is 5.53. The summed E-state index contributed by atoms with van der Waals surface area (Å²) in [6, 6.07) is 12.5. The van der Waals surface area contributed by atoms with Gasteiger partial charge in [-0.1, -0.05) is 17.7 Å². The summed E-state index contributed by atoms with van der Waals surface area (Å²) >= 11 is 6.01. The zero-order valence-corrected chi connectivity index (χ0v) is 16.3. The number of halogens is 1. The number of ether oxygens (including phenoxy) is 1. The third-order valence-electron chi connectivity index (χ3n) is 4.48. The van der Waals surface area contributed by atoms with Gasteiger partial charge in [-0.2, -0.15) is 0 Å². The molecule has 0 radical (unpaired) electrons. The second kappa shape index (κ2) is 8.41. The maximum Gasteiger partial charge on any atom is 0.319 e. The van der Waals surface area contributed by atoms with Crippen molar-refractivity contribution < 1.29 is 14.3 Å². The van der Waals surface area contributed by atoms with Gasteiger partial charge in [-0.05, 0) is 67.0 Å². The number of carbonyl (C=O) groups excluding carboxylic acids is 2. The number of urea groups is 1. The van der Waals surface area contributed by atoms with Crippen LogP contribution in [0.25, 0.3) is 6.08 Å². The van der Waals surface area contributed by atoms with Gasteiger partial charge in [0.25, 0.3) is 0 Å². The number of nitrogens with one attached hydrogen (secondary N) is 3. The fraction of sp³-hybridized carbons (Fsp3) is 0.182. The molecule has 3 N–H and O–H groups in total. The summed E-state index contributed by atoms with van der Waals surface area (Å²) in [6.45, 7) is 0.391.